The van der Waals surface area contributed by atoms with E-state index in [2.05, 4.69) is 5.10 Å². The van der Waals surface area contributed by atoms with Crippen molar-refractivity contribution in [3.63, 3.8) is 0 Å². The molecule has 2 rings (SSSR count). The average Bonchev–Trinajstić information content (AvgIpc) is 2.82. The molecule has 1 saturated heterocycles. The predicted octanol–water partition coefficient (Wildman–Crippen LogP) is 1.85. The number of aryl methyl sites for hydroxylation is 1. The summed E-state index contributed by atoms with van der Waals surface area (Å²) in [6.45, 7) is 6.16. The highest BCUT2D eigenvalue weighted by atomic mass is 16.6. The van der Waals surface area contributed by atoms with Crippen LogP contribution in [0.15, 0.2) is 12.4 Å². The van der Waals surface area contributed by atoms with Crippen molar-refractivity contribution >= 4 is 12.1 Å². The van der Waals surface area contributed by atoms with Gasteiger partial charge in [0.15, 0.2) is 0 Å². The normalized spacial score (nSPS) is 22.5. The van der Waals surface area contributed by atoms with Crippen LogP contribution in [-0.2, 0) is 16.6 Å². The summed E-state index contributed by atoms with van der Waals surface area (Å²) < 4.78 is 7.02. The standard InChI is InChI=1S/C15H23N3O4/c1-15(2,3)22-14(21)18-6-5-11(13(19)20)12(9-18)10-7-16-17(4)8-10/h7-8,11-12H,5-6,9H2,1-4H3,(H,19,20). The summed E-state index contributed by atoms with van der Waals surface area (Å²) in [6.07, 6.45) is 3.48. The lowest BCUT2D eigenvalue weighted by Crippen LogP contribution is -2.46. The molecule has 2 unspecified atom stereocenters. The van der Waals surface area contributed by atoms with Crippen LogP contribution in [0.3, 0.4) is 0 Å². The molecule has 122 valence electrons. The first-order chi connectivity index (χ1) is 10.2. The van der Waals surface area contributed by atoms with Gasteiger partial charge < -0.3 is 14.7 Å². The lowest BCUT2D eigenvalue weighted by atomic mass is 9.82. The van der Waals surface area contributed by atoms with E-state index < -0.39 is 23.6 Å². The molecule has 1 aromatic heterocycles. The van der Waals surface area contributed by atoms with Gasteiger partial charge in [0.05, 0.1) is 12.1 Å². The Balaban J connectivity index is 2.16. The maximum Gasteiger partial charge on any atom is 0.410 e. The maximum absolute atomic E-state index is 12.2. The molecule has 0 spiro atoms. The second-order valence-corrected chi connectivity index (χ2v) is 6.71. The van der Waals surface area contributed by atoms with Crippen LogP contribution >= 0.6 is 0 Å². The number of likely N-dealkylation sites (tertiary alicyclic amines) is 1. The van der Waals surface area contributed by atoms with E-state index in [1.165, 1.54) is 0 Å². The Morgan fingerprint density at radius 1 is 1.41 bits per heavy atom. The number of carbonyl (C=O) groups is 2. The van der Waals surface area contributed by atoms with Gasteiger partial charge in [-0.1, -0.05) is 0 Å². The molecule has 22 heavy (non-hydrogen) atoms. The van der Waals surface area contributed by atoms with Crippen molar-refractivity contribution in [1.82, 2.24) is 14.7 Å². The van der Waals surface area contributed by atoms with Crippen LogP contribution in [0.4, 0.5) is 4.79 Å². The van der Waals surface area contributed by atoms with E-state index in [1.807, 2.05) is 20.8 Å². The van der Waals surface area contributed by atoms with Gasteiger partial charge in [0.1, 0.15) is 5.60 Å². The number of carbonyl (C=O) groups excluding carboxylic acids is 1. The average molecular weight is 309 g/mol. The number of ether oxygens (including phenoxy) is 1. The Morgan fingerprint density at radius 3 is 2.59 bits per heavy atom. The zero-order chi connectivity index (χ0) is 16.5. The van der Waals surface area contributed by atoms with E-state index in [0.29, 0.717) is 19.5 Å². The van der Waals surface area contributed by atoms with E-state index in [0.717, 1.165) is 5.56 Å². The number of amides is 1. The highest BCUT2D eigenvalue weighted by molar-refractivity contribution is 5.73. The minimum atomic E-state index is -0.835. The highest BCUT2D eigenvalue weighted by Gasteiger charge is 2.38. The van der Waals surface area contributed by atoms with E-state index in [-0.39, 0.29) is 5.92 Å². The number of hydrogen-bond donors (Lipinski definition) is 1. The monoisotopic (exact) mass is 309 g/mol. The molecule has 2 heterocycles. The first kappa shape index (κ1) is 16.3. The smallest absolute Gasteiger partial charge is 0.410 e. The van der Waals surface area contributed by atoms with Gasteiger partial charge >= 0.3 is 12.1 Å². The lowest BCUT2D eigenvalue weighted by molar-refractivity contribution is -0.144. The molecule has 0 aliphatic carbocycles. The lowest BCUT2D eigenvalue weighted by Gasteiger charge is -2.37. The van der Waals surface area contributed by atoms with Gasteiger partial charge in [-0.25, -0.2) is 4.79 Å². The maximum atomic E-state index is 12.2. The fraction of sp³-hybridized carbons (Fsp3) is 0.667. The molecule has 0 radical (unpaired) electrons. The molecule has 1 aromatic rings. The summed E-state index contributed by atoms with van der Waals surface area (Å²) in [5.41, 5.74) is 0.271. The molecule has 0 bridgehead atoms. The first-order valence-corrected chi connectivity index (χ1v) is 7.36. The number of carboxylic acids is 1. The van der Waals surface area contributed by atoms with Gasteiger partial charge in [-0.2, -0.15) is 5.10 Å². The van der Waals surface area contributed by atoms with E-state index >= 15 is 0 Å². The van der Waals surface area contributed by atoms with Crippen molar-refractivity contribution in [1.29, 1.82) is 0 Å². The SMILES string of the molecule is Cn1cc(C2CN(C(=O)OC(C)(C)C)CCC2C(=O)O)cn1. The second kappa shape index (κ2) is 5.98. The van der Waals surface area contributed by atoms with Crippen molar-refractivity contribution in [2.24, 2.45) is 13.0 Å². The summed E-state index contributed by atoms with van der Waals surface area (Å²) in [6, 6.07) is 0. The third-order valence-electron chi connectivity index (χ3n) is 3.73. The van der Waals surface area contributed by atoms with Crippen molar-refractivity contribution < 1.29 is 19.4 Å². The van der Waals surface area contributed by atoms with Crippen molar-refractivity contribution in [3.8, 4) is 0 Å². The summed E-state index contributed by atoms with van der Waals surface area (Å²) in [7, 11) is 1.79. The van der Waals surface area contributed by atoms with Crippen LogP contribution in [0.5, 0.6) is 0 Å². The topological polar surface area (TPSA) is 84.7 Å². The number of rotatable bonds is 2. The van der Waals surface area contributed by atoms with Crippen LogP contribution < -0.4 is 0 Å². The fourth-order valence-electron chi connectivity index (χ4n) is 2.71. The molecular weight excluding hydrogens is 286 g/mol. The Labute approximate surface area is 129 Å². The van der Waals surface area contributed by atoms with Gasteiger partial charge in [-0.05, 0) is 32.8 Å². The second-order valence-electron chi connectivity index (χ2n) is 6.71. The Hall–Kier alpha value is -2.05. The Bertz CT molecular complexity index is 561. The number of hydrogen-bond acceptors (Lipinski definition) is 4. The van der Waals surface area contributed by atoms with Crippen molar-refractivity contribution in [2.45, 2.75) is 38.7 Å². The van der Waals surface area contributed by atoms with Crippen LogP contribution in [0.25, 0.3) is 0 Å². The van der Waals surface area contributed by atoms with Gasteiger partial charge in [0.25, 0.3) is 0 Å². The number of carboxylic acid groups (broad SMARTS) is 1. The molecule has 1 N–H and O–H groups in total. The molecule has 1 fully saturated rings. The van der Waals surface area contributed by atoms with Gasteiger partial charge in [0, 0.05) is 32.3 Å². The molecule has 7 nitrogen and oxygen atoms in total. The minimum absolute atomic E-state index is 0.271. The van der Waals surface area contributed by atoms with E-state index in [9.17, 15) is 14.7 Å². The molecule has 7 heteroatoms. The molecule has 1 aliphatic heterocycles. The summed E-state index contributed by atoms with van der Waals surface area (Å²) in [5, 5.41) is 13.5. The zero-order valence-corrected chi connectivity index (χ0v) is 13.4. The van der Waals surface area contributed by atoms with Gasteiger partial charge in [-0.15, -0.1) is 0 Å². The third-order valence-corrected chi connectivity index (χ3v) is 3.73. The molecule has 1 aliphatic rings. The van der Waals surface area contributed by atoms with E-state index in [4.69, 9.17) is 4.74 Å². The van der Waals surface area contributed by atoms with Crippen LogP contribution in [0.1, 0.15) is 38.7 Å². The first-order valence-electron chi connectivity index (χ1n) is 7.36. The van der Waals surface area contributed by atoms with Crippen LogP contribution in [0, 0.1) is 5.92 Å². The number of piperidine rings is 1. The van der Waals surface area contributed by atoms with Gasteiger partial charge in [0.2, 0.25) is 0 Å². The van der Waals surface area contributed by atoms with E-state index in [1.54, 1.807) is 29.0 Å². The van der Waals surface area contributed by atoms with Crippen molar-refractivity contribution in [3.05, 3.63) is 18.0 Å². The molecule has 2 atom stereocenters. The molecule has 0 saturated carbocycles. The number of nitrogens with zero attached hydrogens (tertiary/aromatic N) is 3. The largest absolute Gasteiger partial charge is 0.481 e. The van der Waals surface area contributed by atoms with Crippen LogP contribution in [0.2, 0.25) is 0 Å². The summed E-state index contributed by atoms with van der Waals surface area (Å²) in [4.78, 5) is 25.3. The summed E-state index contributed by atoms with van der Waals surface area (Å²) >= 11 is 0. The molecular formula is C15H23N3O4. The summed E-state index contributed by atoms with van der Waals surface area (Å²) in [5.74, 6) is -1.62. The Kier molecular flexibility index (Phi) is 4.44. The number of aromatic nitrogens is 2. The van der Waals surface area contributed by atoms with Crippen LogP contribution in [-0.4, -0.2) is 50.5 Å². The molecule has 1 amide bonds. The quantitative estimate of drug-likeness (QED) is 0.901. The molecule has 0 aromatic carbocycles. The minimum Gasteiger partial charge on any atom is -0.481 e. The Morgan fingerprint density at radius 2 is 2.09 bits per heavy atom. The van der Waals surface area contributed by atoms with Gasteiger partial charge in [-0.3, -0.25) is 9.48 Å². The number of aliphatic carboxylic acids is 1. The zero-order valence-electron chi connectivity index (χ0n) is 13.4. The fourth-order valence-corrected chi connectivity index (χ4v) is 2.71. The predicted molar refractivity (Wildman–Crippen MR) is 79.5 cm³/mol. The third kappa shape index (κ3) is 3.78. The highest BCUT2D eigenvalue weighted by Crippen LogP contribution is 2.33. The van der Waals surface area contributed by atoms with Crippen molar-refractivity contribution in [2.75, 3.05) is 13.1 Å².